The Kier molecular flexibility index (Phi) is 7.59. The number of hydrogen-bond donors (Lipinski definition) is 2. The number of anilines is 2. The molecule has 0 fully saturated rings. The third-order valence-electron chi connectivity index (χ3n) is 4.15. The molecule has 0 unspecified atom stereocenters. The number of amides is 2. The first-order chi connectivity index (χ1) is 14.6. The summed E-state index contributed by atoms with van der Waals surface area (Å²) in [5, 5.41) is 5.68. The predicted molar refractivity (Wildman–Crippen MR) is 120 cm³/mol. The van der Waals surface area contributed by atoms with Gasteiger partial charge in [0.15, 0.2) is 0 Å². The molecule has 0 saturated heterocycles. The van der Waals surface area contributed by atoms with Crippen LogP contribution in [0.25, 0.3) is 0 Å². The van der Waals surface area contributed by atoms with E-state index in [1.807, 2.05) is 6.07 Å². The molecule has 0 aliphatic heterocycles. The number of methoxy groups -OCH3 is 1. The Bertz CT molecular complexity index is 1020. The highest BCUT2D eigenvalue weighted by molar-refractivity contribution is 9.10. The Morgan fingerprint density at radius 3 is 2.23 bits per heavy atom. The van der Waals surface area contributed by atoms with Crippen LogP contribution in [0.3, 0.4) is 0 Å². The molecule has 2 amide bonds. The van der Waals surface area contributed by atoms with Crippen molar-refractivity contribution in [2.75, 3.05) is 31.0 Å². The molecule has 3 rings (SSSR count). The molecule has 0 atom stereocenters. The lowest BCUT2D eigenvalue weighted by Crippen LogP contribution is -2.15. The SMILES string of the molecule is COCCOc1ccc(Br)cc1C(=O)Nc1cccc(NC(=O)c2ccccc2)c1. The van der Waals surface area contributed by atoms with Crippen molar-refractivity contribution in [3.05, 3.63) is 88.4 Å². The normalized spacial score (nSPS) is 10.3. The van der Waals surface area contributed by atoms with Crippen molar-refractivity contribution < 1.29 is 19.1 Å². The Hall–Kier alpha value is -3.16. The Morgan fingerprint density at radius 1 is 0.833 bits per heavy atom. The molecular weight excluding hydrogens is 448 g/mol. The van der Waals surface area contributed by atoms with Crippen LogP contribution in [0, 0.1) is 0 Å². The van der Waals surface area contributed by atoms with E-state index < -0.39 is 0 Å². The first-order valence-electron chi connectivity index (χ1n) is 9.26. The fourth-order valence-corrected chi connectivity index (χ4v) is 3.07. The zero-order valence-corrected chi connectivity index (χ0v) is 17.9. The van der Waals surface area contributed by atoms with E-state index in [4.69, 9.17) is 9.47 Å². The van der Waals surface area contributed by atoms with E-state index in [9.17, 15) is 9.59 Å². The largest absolute Gasteiger partial charge is 0.490 e. The zero-order valence-electron chi connectivity index (χ0n) is 16.4. The number of ether oxygens (including phenoxy) is 2. The van der Waals surface area contributed by atoms with Crippen molar-refractivity contribution in [2.45, 2.75) is 0 Å². The van der Waals surface area contributed by atoms with Crippen molar-refractivity contribution in [1.82, 2.24) is 0 Å². The van der Waals surface area contributed by atoms with Crippen LogP contribution < -0.4 is 15.4 Å². The lowest BCUT2D eigenvalue weighted by Gasteiger charge is -2.13. The molecule has 0 bridgehead atoms. The number of halogens is 1. The molecule has 7 heteroatoms. The fraction of sp³-hybridized carbons (Fsp3) is 0.130. The summed E-state index contributed by atoms with van der Waals surface area (Å²) in [6, 6.07) is 21.1. The molecular formula is C23H21BrN2O4. The van der Waals surface area contributed by atoms with Crippen LogP contribution in [0.15, 0.2) is 77.3 Å². The Balaban J connectivity index is 1.72. The minimum Gasteiger partial charge on any atom is -0.490 e. The van der Waals surface area contributed by atoms with Gasteiger partial charge in [0.25, 0.3) is 11.8 Å². The van der Waals surface area contributed by atoms with Gasteiger partial charge in [-0.1, -0.05) is 40.2 Å². The van der Waals surface area contributed by atoms with Crippen molar-refractivity contribution >= 4 is 39.1 Å². The molecule has 0 aromatic heterocycles. The summed E-state index contributed by atoms with van der Waals surface area (Å²) in [7, 11) is 1.59. The molecule has 3 aromatic carbocycles. The van der Waals surface area contributed by atoms with E-state index in [1.165, 1.54) is 0 Å². The molecule has 0 aliphatic rings. The first-order valence-corrected chi connectivity index (χ1v) is 10.1. The smallest absolute Gasteiger partial charge is 0.259 e. The van der Waals surface area contributed by atoms with Crippen LogP contribution in [0.5, 0.6) is 5.75 Å². The molecule has 0 aliphatic carbocycles. The number of nitrogens with one attached hydrogen (secondary N) is 2. The van der Waals surface area contributed by atoms with Gasteiger partial charge in [-0.2, -0.15) is 0 Å². The first kappa shape index (κ1) is 21.5. The Morgan fingerprint density at radius 2 is 1.53 bits per heavy atom. The molecule has 0 saturated carbocycles. The average Bonchev–Trinajstić information content (AvgIpc) is 2.75. The van der Waals surface area contributed by atoms with Gasteiger partial charge in [-0.05, 0) is 48.5 Å². The van der Waals surface area contributed by atoms with Gasteiger partial charge in [0.05, 0.1) is 12.2 Å². The van der Waals surface area contributed by atoms with E-state index in [1.54, 1.807) is 73.8 Å². The highest BCUT2D eigenvalue weighted by Crippen LogP contribution is 2.25. The molecule has 154 valence electrons. The molecule has 3 aromatic rings. The van der Waals surface area contributed by atoms with Crippen molar-refractivity contribution in [3.63, 3.8) is 0 Å². The maximum absolute atomic E-state index is 12.8. The summed E-state index contributed by atoms with van der Waals surface area (Å²) in [5.74, 6) is -0.0866. The second-order valence-electron chi connectivity index (χ2n) is 6.34. The minimum atomic E-state index is -0.324. The average molecular weight is 469 g/mol. The monoisotopic (exact) mass is 468 g/mol. The maximum Gasteiger partial charge on any atom is 0.259 e. The van der Waals surface area contributed by atoms with Gasteiger partial charge < -0.3 is 20.1 Å². The lowest BCUT2D eigenvalue weighted by atomic mass is 10.1. The van der Waals surface area contributed by atoms with Gasteiger partial charge in [0, 0.05) is 28.5 Å². The van der Waals surface area contributed by atoms with Crippen LogP contribution in [0.4, 0.5) is 11.4 Å². The summed E-state index contributed by atoms with van der Waals surface area (Å²) >= 11 is 3.39. The highest BCUT2D eigenvalue weighted by Gasteiger charge is 2.14. The molecule has 2 N–H and O–H groups in total. The summed E-state index contributed by atoms with van der Waals surface area (Å²) < 4.78 is 11.4. The summed E-state index contributed by atoms with van der Waals surface area (Å²) in [4.78, 5) is 25.2. The van der Waals surface area contributed by atoms with Crippen LogP contribution in [0.2, 0.25) is 0 Å². The summed E-state index contributed by atoms with van der Waals surface area (Å²) in [6.45, 7) is 0.750. The number of rotatable bonds is 8. The standard InChI is InChI=1S/C23H21BrN2O4/c1-29-12-13-30-21-11-10-17(24)14-20(21)23(28)26-19-9-5-8-18(15-19)25-22(27)16-6-3-2-4-7-16/h2-11,14-15H,12-13H2,1H3,(H,25,27)(H,26,28). The maximum atomic E-state index is 12.8. The fourth-order valence-electron chi connectivity index (χ4n) is 2.71. The minimum absolute atomic E-state index is 0.222. The predicted octanol–water partition coefficient (Wildman–Crippen LogP) is 4.98. The molecule has 0 heterocycles. The van der Waals surface area contributed by atoms with Gasteiger partial charge in [-0.25, -0.2) is 0 Å². The van der Waals surface area contributed by atoms with E-state index in [0.717, 1.165) is 4.47 Å². The number of carbonyl (C=O) groups excluding carboxylic acids is 2. The van der Waals surface area contributed by atoms with Crippen LogP contribution >= 0.6 is 15.9 Å². The van der Waals surface area contributed by atoms with Crippen LogP contribution in [-0.2, 0) is 4.74 Å². The van der Waals surface area contributed by atoms with Gasteiger partial charge in [-0.15, -0.1) is 0 Å². The molecule has 6 nitrogen and oxygen atoms in total. The van der Waals surface area contributed by atoms with E-state index >= 15 is 0 Å². The number of benzene rings is 3. The van der Waals surface area contributed by atoms with Crippen LogP contribution in [-0.4, -0.2) is 32.1 Å². The number of carbonyl (C=O) groups is 2. The molecule has 0 spiro atoms. The van der Waals surface area contributed by atoms with Gasteiger partial charge in [0.2, 0.25) is 0 Å². The summed E-state index contributed by atoms with van der Waals surface area (Å²) in [6.07, 6.45) is 0. The second-order valence-corrected chi connectivity index (χ2v) is 7.25. The van der Waals surface area contributed by atoms with Crippen molar-refractivity contribution in [3.8, 4) is 5.75 Å². The zero-order chi connectivity index (χ0) is 21.3. The quantitative estimate of drug-likeness (QED) is 0.457. The van der Waals surface area contributed by atoms with E-state index in [0.29, 0.717) is 41.5 Å². The highest BCUT2D eigenvalue weighted by atomic mass is 79.9. The second kappa shape index (κ2) is 10.6. The van der Waals surface area contributed by atoms with Crippen molar-refractivity contribution in [2.24, 2.45) is 0 Å². The van der Waals surface area contributed by atoms with E-state index in [2.05, 4.69) is 26.6 Å². The van der Waals surface area contributed by atoms with Gasteiger partial charge >= 0.3 is 0 Å². The number of hydrogen-bond acceptors (Lipinski definition) is 4. The summed E-state index contributed by atoms with van der Waals surface area (Å²) in [5.41, 5.74) is 2.07. The van der Waals surface area contributed by atoms with Crippen molar-refractivity contribution in [1.29, 1.82) is 0 Å². The van der Waals surface area contributed by atoms with Gasteiger partial charge in [-0.3, -0.25) is 9.59 Å². The topological polar surface area (TPSA) is 76.7 Å². The Labute approximate surface area is 183 Å². The van der Waals surface area contributed by atoms with Gasteiger partial charge in [0.1, 0.15) is 12.4 Å². The van der Waals surface area contributed by atoms with Crippen LogP contribution in [0.1, 0.15) is 20.7 Å². The molecule has 0 radical (unpaired) electrons. The van der Waals surface area contributed by atoms with E-state index in [-0.39, 0.29) is 11.8 Å². The molecule has 30 heavy (non-hydrogen) atoms. The lowest BCUT2D eigenvalue weighted by molar-refractivity contribution is 0.101. The third kappa shape index (κ3) is 5.92. The third-order valence-corrected chi connectivity index (χ3v) is 4.64.